The van der Waals surface area contributed by atoms with E-state index in [1.807, 2.05) is 17.0 Å². The van der Waals surface area contributed by atoms with Crippen molar-refractivity contribution >= 4 is 22.6 Å². The maximum absolute atomic E-state index is 14.3. The summed E-state index contributed by atoms with van der Waals surface area (Å²) in [6.07, 6.45) is 2.96. The predicted molar refractivity (Wildman–Crippen MR) is 135 cm³/mol. The Labute approximate surface area is 210 Å². The van der Waals surface area contributed by atoms with Gasteiger partial charge in [0.05, 0.1) is 12.2 Å². The number of hydrogen-bond acceptors (Lipinski definition) is 5. The number of aliphatic hydroxyl groups is 1. The summed E-state index contributed by atoms with van der Waals surface area (Å²) in [5.41, 5.74) is 3.76. The number of benzene rings is 2. The monoisotopic (exact) mass is 493 g/mol. The van der Waals surface area contributed by atoms with Gasteiger partial charge in [0.2, 0.25) is 0 Å². The standard InChI is InChI=1S/C28H32FN3O4/c1-36-18-22-3-2-11-30(22)13-14-31-12-10-25-27(28(31)35)23-15-21(29)8-9-24(23)32(25)16-19-4-6-20(7-5-19)26(34)17-33/h4-9,15,22,33H,2-3,10-14,16-18H2,1H3/t22-/m0/s1. The smallest absolute Gasteiger partial charge is 0.256 e. The van der Waals surface area contributed by atoms with Crippen molar-refractivity contribution in [1.29, 1.82) is 0 Å². The van der Waals surface area contributed by atoms with Crippen molar-refractivity contribution in [1.82, 2.24) is 14.4 Å². The van der Waals surface area contributed by atoms with E-state index in [1.54, 1.807) is 25.3 Å². The topological polar surface area (TPSA) is 75.0 Å². The van der Waals surface area contributed by atoms with Crippen LogP contribution in [-0.2, 0) is 17.7 Å². The molecule has 1 N–H and O–H groups in total. The minimum atomic E-state index is -0.524. The van der Waals surface area contributed by atoms with Crippen molar-refractivity contribution in [2.75, 3.05) is 46.5 Å². The molecule has 2 aromatic carbocycles. The van der Waals surface area contributed by atoms with E-state index in [2.05, 4.69) is 9.47 Å². The SMILES string of the molecule is COC[C@@H]1CCCN1CCN1CCc2c(c3cc(F)ccc3n2Cc2ccc(C(=O)CO)cc2)C1=O. The summed E-state index contributed by atoms with van der Waals surface area (Å²) in [6, 6.07) is 12.1. The lowest BCUT2D eigenvalue weighted by molar-refractivity contribution is 0.0687. The predicted octanol–water partition coefficient (Wildman–Crippen LogP) is 3.11. The maximum Gasteiger partial charge on any atom is 0.256 e. The Kier molecular flexibility index (Phi) is 7.18. The van der Waals surface area contributed by atoms with Gasteiger partial charge in [0.25, 0.3) is 5.91 Å². The Morgan fingerprint density at radius 1 is 1.14 bits per heavy atom. The molecule has 0 unspecified atom stereocenters. The van der Waals surface area contributed by atoms with E-state index in [0.29, 0.717) is 55.2 Å². The van der Waals surface area contributed by atoms with Crippen molar-refractivity contribution in [3.05, 3.63) is 70.7 Å². The molecule has 3 heterocycles. The van der Waals surface area contributed by atoms with Crippen LogP contribution in [0.25, 0.3) is 10.9 Å². The third kappa shape index (κ3) is 4.68. The number of hydrogen-bond donors (Lipinski definition) is 1. The lowest BCUT2D eigenvalue weighted by Gasteiger charge is -2.31. The zero-order chi connectivity index (χ0) is 25.2. The van der Waals surface area contributed by atoms with Crippen LogP contribution in [0.5, 0.6) is 0 Å². The van der Waals surface area contributed by atoms with Crippen molar-refractivity contribution in [3.63, 3.8) is 0 Å². The first-order valence-electron chi connectivity index (χ1n) is 12.6. The second kappa shape index (κ2) is 10.5. The van der Waals surface area contributed by atoms with Crippen molar-refractivity contribution in [2.45, 2.75) is 31.8 Å². The molecule has 1 amide bonds. The summed E-state index contributed by atoms with van der Waals surface area (Å²) < 4.78 is 21.7. The Morgan fingerprint density at radius 3 is 2.69 bits per heavy atom. The zero-order valence-corrected chi connectivity index (χ0v) is 20.6. The number of carbonyl (C=O) groups is 2. The molecule has 1 fully saturated rings. The molecule has 2 aliphatic heterocycles. The Morgan fingerprint density at radius 2 is 1.94 bits per heavy atom. The van der Waals surface area contributed by atoms with Gasteiger partial charge < -0.3 is 19.3 Å². The average Bonchev–Trinajstić information content (AvgIpc) is 3.46. The fourth-order valence-corrected chi connectivity index (χ4v) is 5.66. The van der Waals surface area contributed by atoms with Crippen molar-refractivity contribution in [3.8, 4) is 0 Å². The Bertz CT molecular complexity index is 1270. The summed E-state index contributed by atoms with van der Waals surface area (Å²) in [7, 11) is 1.73. The number of Topliss-reactive ketones (excluding diaryl/α,β-unsaturated/α-hetero) is 1. The number of rotatable bonds is 9. The molecule has 0 aliphatic carbocycles. The van der Waals surface area contributed by atoms with Gasteiger partial charge in [0.1, 0.15) is 12.4 Å². The molecule has 0 bridgehead atoms. The highest BCUT2D eigenvalue weighted by Gasteiger charge is 2.32. The van der Waals surface area contributed by atoms with Gasteiger partial charge in [0.15, 0.2) is 5.78 Å². The Hall–Kier alpha value is -3.07. The molecule has 3 aromatic rings. The van der Waals surface area contributed by atoms with Gasteiger partial charge in [0, 0.05) is 67.9 Å². The number of likely N-dealkylation sites (tertiary alicyclic amines) is 1. The number of aromatic nitrogens is 1. The van der Waals surface area contributed by atoms with Crippen LogP contribution in [0.3, 0.4) is 0 Å². The summed E-state index contributed by atoms with van der Waals surface area (Å²) in [6.45, 7) is 3.78. The van der Waals surface area contributed by atoms with Crippen LogP contribution in [0, 0.1) is 5.82 Å². The number of ether oxygens (including phenoxy) is 1. The number of fused-ring (bicyclic) bond motifs is 3. The van der Waals surface area contributed by atoms with Gasteiger partial charge in [-0.25, -0.2) is 4.39 Å². The number of ketones is 1. The molecular weight excluding hydrogens is 461 g/mol. The molecule has 36 heavy (non-hydrogen) atoms. The molecule has 0 spiro atoms. The minimum absolute atomic E-state index is 0.0445. The van der Waals surface area contributed by atoms with Crippen LogP contribution in [0.2, 0.25) is 0 Å². The quantitative estimate of drug-likeness (QED) is 0.464. The van der Waals surface area contributed by atoms with E-state index in [9.17, 15) is 14.0 Å². The van der Waals surface area contributed by atoms with Gasteiger partial charge in [-0.15, -0.1) is 0 Å². The largest absolute Gasteiger partial charge is 0.388 e. The normalized spacial score (nSPS) is 18.2. The van der Waals surface area contributed by atoms with E-state index in [1.165, 1.54) is 12.1 Å². The molecule has 8 heteroatoms. The number of aliphatic hydroxyl groups excluding tert-OH is 1. The molecule has 0 radical (unpaired) electrons. The highest BCUT2D eigenvalue weighted by Crippen LogP contribution is 2.32. The first kappa shape index (κ1) is 24.6. The lowest BCUT2D eigenvalue weighted by atomic mass is 10.0. The first-order valence-corrected chi connectivity index (χ1v) is 12.6. The molecule has 1 atom stereocenters. The fourth-order valence-electron chi connectivity index (χ4n) is 5.66. The van der Waals surface area contributed by atoms with Crippen LogP contribution in [0.1, 0.15) is 44.8 Å². The first-order chi connectivity index (χ1) is 17.5. The van der Waals surface area contributed by atoms with Gasteiger partial charge in [-0.2, -0.15) is 0 Å². The summed E-state index contributed by atoms with van der Waals surface area (Å²) in [5, 5.41) is 9.74. The molecule has 1 aromatic heterocycles. The summed E-state index contributed by atoms with van der Waals surface area (Å²) in [4.78, 5) is 29.7. The lowest BCUT2D eigenvalue weighted by Crippen LogP contribution is -2.44. The molecule has 190 valence electrons. The third-order valence-corrected chi connectivity index (χ3v) is 7.53. The second-order valence-corrected chi connectivity index (χ2v) is 9.68. The molecule has 1 saturated heterocycles. The number of methoxy groups -OCH3 is 1. The van der Waals surface area contributed by atoms with E-state index in [4.69, 9.17) is 9.84 Å². The number of halogens is 1. The molecule has 7 nitrogen and oxygen atoms in total. The highest BCUT2D eigenvalue weighted by molar-refractivity contribution is 6.09. The van der Waals surface area contributed by atoms with Crippen LogP contribution in [0.15, 0.2) is 42.5 Å². The van der Waals surface area contributed by atoms with Crippen LogP contribution < -0.4 is 0 Å². The van der Waals surface area contributed by atoms with Crippen LogP contribution >= 0.6 is 0 Å². The highest BCUT2D eigenvalue weighted by atomic mass is 19.1. The van der Waals surface area contributed by atoms with Crippen molar-refractivity contribution < 1.29 is 23.8 Å². The Balaban J connectivity index is 1.41. The maximum atomic E-state index is 14.3. The second-order valence-electron chi connectivity index (χ2n) is 9.68. The zero-order valence-electron chi connectivity index (χ0n) is 20.6. The number of amides is 1. The summed E-state index contributed by atoms with van der Waals surface area (Å²) in [5.74, 6) is -0.732. The van der Waals surface area contributed by atoms with Gasteiger partial charge >= 0.3 is 0 Å². The minimum Gasteiger partial charge on any atom is -0.388 e. The van der Waals surface area contributed by atoms with Gasteiger partial charge in [-0.1, -0.05) is 24.3 Å². The summed E-state index contributed by atoms with van der Waals surface area (Å²) >= 11 is 0. The van der Waals surface area contributed by atoms with Crippen LogP contribution in [0.4, 0.5) is 4.39 Å². The molecular formula is C28H32FN3O4. The molecule has 2 aliphatic rings. The fraction of sp³-hybridized carbons (Fsp3) is 0.429. The number of carbonyl (C=O) groups excluding carboxylic acids is 2. The van der Waals surface area contributed by atoms with Crippen LogP contribution in [-0.4, -0.2) is 83.7 Å². The molecule has 0 saturated carbocycles. The average molecular weight is 494 g/mol. The van der Waals surface area contributed by atoms with E-state index < -0.39 is 6.61 Å². The number of nitrogens with zero attached hydrogens (tertiary/aromatic N) is 3. The van der Waals surface area contributed by atoms with Gasteiger partial charge in [-0.3, -0.25) is 14.5 Å². The van der Waals surface area contributed by atoms with E-state index in [-0.39, 0.29) is 17.5 Å². The molecule has 5 rings (SSSR count). The van der Waals surface area contributed by atoms with Gasteiger partial charge in [-0.05, 0) is 43.1 Å². The third-order valence-electron chi connectivity index (χ3n) is 7.53. The van der Waals surface area contributed by atoms with Crippen molar-refractivity contribution in [2.24, 2.45) is 0 Å². The van der Waals surface area contributed by atoms with E-state index in [0.717, 1.165) is 42.7 Å². The van der Waals surface area contributed by atoms with E-state index >= 15 is 0 Å².